The van der Waals surface area contributed by atoms with Crippen molar-refractivity contribution in [2.24, 2.45) is 10.8 Å². The van der Waals surface area contributed by atoms with Gasteiger partial charge in [0.2, 0.25) is 0 Å². The summed E-state index contributed by atoms with van der Waals surface area (Å²) in [6.45, 7) is 11.7. The van der Waals surface area contributed by atoms with Gasteiger partial charge in [-0.05, 0) is 23.0 Å². The first kappa shape index (κ1) is 21.9. The summed E-state index contributed by atoms with van der Waals surface area (Å²) in [5.74, 6) is -1.25. The van der Waals surface area contributed by atoms with Crippen molar-refractivity contribution in [1.82, 2.24) is 4.90 Å². The number of ether oxygens (including phenoxy) is 1. The molecule has 8 heteroatoms. The molecule has 2 fully saturated rings. The third kappa shape index (κ3) is 2.76. The minimum Gasteiger partial charge on any atom is -0.480 e. The molecule has 0 aliphatic carbocycles. The molecule has 0 radical (unpaired) electrons. The molecule has 2 heterocycles. The van der Waals surface area contributed by atoms with Gasteiger partial charge < -0.3 is 14.9 Å². The second-order valence-electron chi connectivity index (χ2n) is 10.2. The van der Waals surface area contributed by atoms with Gasteiger partial charge in [-0.2, -0.15) is 0 Å². The van der Waals surface area contributed by atoms with Gasteiger partial charge in [-0.25, -0.2) is 14.4 Å². The van der Waals surface area contributed by atoms with E-state index in [0.717, 1.165) is 4.90 Å². The van der Waals surface area contributed by atoms with E-state index < -0.39 is 46.2 Å². The molecule has 2 aliphatic heterocycles. The van der Waals surface area contributed by atoms with Crippen LogP contribution in [0.25, 0.3) is 0 Å². The van der Waals surface area contributed by atoms with Gasteiger partial charge >= 0.3 is 18.2 Å². The van der Waals surface area contributed by atoms with Crippen LogP contribution in [-0.2, 0) is 9.53 Å². The van der Waals surface area contributed by atoms with Crippen LogP contribution >= 0.6 is 0 Å². The number of carboxylic acid groups (broad SMARTS) is 2. The number of hydrogen-bond acceptors (Lipinski definition) is 4. The summed E-state index contributed by atoms with van der Waals surface area (Å²) < 4.78 is 6.03. The average Bonchev–Trinajstić information content (AvgIpc) is 3.11. The van der Waals surface area contributed by atoms with Crippen LogP contribution in [0.15, 0.2) is 30.3 Å². The van der Waals surface area contributed by atoms with Crippen LogP contribution in [0.4, 0.5) is 15.3 Å². The van der Waals surface area contributed by atoms with Gasteiger partial charge in [0, 0.05) is 12.1 Å². The second-order valence-corrected chi connectivity index (χ2v) is 10.2. The van der Waals surface area contributed by atoms with Crippen LogP contribution in [0, 0.1) is 10.8 Å². The quantitative estimate of drug-likeness (QED) is 0.750. The SMILES string of the molecule is CC(C)(C)C1(C(C)(C)C)N(c2ccccc2)C(=O)O[C@@]12C[C@@H](C(=O)O)N(C(=O)O)C2. The Kier molecular flexibility index (Phi) is 4.84. The summed E-state index contributed by atoms with van der Waals surface area (Å²) in [6, 6.07) is 7.81. The number of carbonyl (C=O) groups excluding carboxylic acids is 1. The van der Waals surface area contributed by atoms with Crippen molar-refractivity contribution in [2.45, 2.75) is 65.1 Å². The Labute approximate surface area is 176 Å². The van der Waals surface area contributed by atoms with E-state index >= 15 is 0 Å². The molecular weight excluding hydrogens is 388 g/mol. The average molecular weight is 418 g/mol. The maximum atomic E-state index is 13.4. The molecule has 1 aromatic rings. The van der Waals surface area contributed by atoms with Crippen LogP contribution in [0.5, 0.6) is 0 Å². The van der Waals surface area contributed by atoms with Crippen molar-refractivity contribution < 1.29 is 29.3 Å². The second kappa shape index (κ2) is 6.62. The molecule has 1 aromatic carbocycles. The molecule has 3 rings (SSSR count). The number of carboxylic acids is 1. The third-order valence-electron chi connectivity index (χ3n) is 6.50. The Balaban J connectivity index is 2.35. The maximum absolute atomic E-state index is 13.4. The van der Waals surface area contributed by atoms with Crippen LogP contribution in [-0.4, -0.2) is 57.0 Å². The highest BCUT2D eigenvalue weighted by molar-refractivity contribution is 5.94. The van der Waals surface area contributed by atoms with E-state index in [1.165, 1.54) is 0 Å². The predicted octanol–water partition coefficient (Wildman–Crippen LogP) is 4.05. The predicted molar refractivity (Wildman–Crippen MR) is 111 cm³/mol. The zero-order chi connectivity index (χ0) is 22.7. The molecule has 0 aromatic heterocycles. The number of benzene rings is 1. The zero-order valence-corrected chi connectivity index (χ0v) is 18.3. The first-order chi connectivity index (χ1) is 13.7. The highest BCUT2D eigenvalue weighted by atomic mass is 16.6. The number of rotatable bonds is 2. The Morgan fingerprint density at radius 1 is 1.03 bits per heavy atom. The van der Waals surface area contributed by atoms with Crippen LogP contribution in [0.2, 0.25) is 0 Å². The fraction of sp³-hybridized carbons (Fsp3) is 0.591. The lowest BCUT2D eigenvalue weighted by Crippen LogP contribution is -2.73. The Hall–Kier alpha value is -2.77. The first-order valence-electron chi connectivity index (χ1n) is 10.0. The fourth-order valence-corrected chi connectivity index (χ4v) is 6.30. The molecule has 0 saturated carbocycles. The summed E-state index contributed by atoms with van der Waals surface area (Å²) in [5.41, 5.74) is -2.93. The van der Waals surface area contributed by atoms with Crippen molar-refractivity contribution >= 4 is 23.8 Å². The van der Waals surface area contributed by atoms with Crippen molar-refractivity contribution in [3.63, 3.8) is 0 Å². The minimum absolute atomic E-state index is 0.113. The molecular formula is C22H30N2O6. The molecule has 2 saturated heterocycles. The monoisotopic (exact) mass is 418 g/mol. The summed E-state index contributed by atoms with van der Waals surface area (Å²) in [4.78, 5) is 39.7. The minimum atomic E-state index is -1.34. The van der Waals surface area contributed by atoms with E-state index in [0.29, 0.717) is 5.69 Å². The van der Waals surface area contributed by atoms with E-state index in [1.807, 2.05) is 71.9 Å². The van der Waals surface area contributed by atoms with Gasteiger partial charge in [0.15, 0.2) is 5.60 Å². The number of carbonyl (C=O) groups is 3. The van der Waals surface area contributed by atoms with E-state index in [4.69, 9.17) is 4.74 Å². The van der Waals surface area contributed by atoms with Crippen LogP contribution in [0.1, 0.15) is 48.0 Å². The van der Waals surface area contributed by atoms with Gasteiger partial charge in [0.1, 0.15) is 11.6 Å². The topological polar surface area (TPSA) is 107 Å². The molecule has 164 valence electrons. The number of likely N-dealkylation sites (tertiary alicyclic amines) is 1. The number of hydrogen-bond donors (Lipinski definition) is 2. The van der Waals surface area contributed by atoms with Crippen molar-refractivity contribution in [3.05, 3.63) is 30.3 Å². The Morgan fingerprint density at radius 2 is 1.57 bits per heavy atom. The maximum Gasteiger partial charge on any atom is 0.415 e. The van der Waals surface area contributed by atoms with E-state index in [9.17, 15) is 24.6 Å². The van der Waals surface area contributed by atoms with Crippen LogP contribution < -0.4 is 4.90 Å². The van der Waals surface area contributed by atoms with E-state index in [-0.39, 0.29) is 13.0 Å². The van der Waals surface area contributed by atoms with Crippen molar-refractivity contribution in [2.75, 3.05) is 11.4 Å². The van der Waals surface area contributed by atoms with Gasteiger partial charge in [-0.1, -0.05) is 59.7 Å². The zero-order valence-electron chi connectivity index (χ0n) is 18.3. The molecule has 0 bridgehead atoms. The molecule has 2 amide bonds. The standard InChI is InChI=1S/C22H30N2O6/c1-19(2,3)22(20(4,5)6)21(12-15(16(25)26)23(13-21)17(27)28)30-18(29)24(22)14-10-8-7-9-11-14/h7-11,15H,12-13H2,1-6H3,(H,25,26)(H,27,28)/t15-,21+/m0/s1. The summed E-state index contributed by atoms with van der Waals surface area (Å²) >= 11 is 0. The van der Waals surface area contributed by atoms with E-state index in [1.54, 1.807) is 4.90 Å². The molecule has 8 nitrogen and oxygen atoms in total. The van der Waals surface area contributed by atoms with Gasteiger partial charge in [-0.15, -0.1) is 0 Å². The molecule has 2 aliphatic rings. The van der Waals surface area contributed by atoms with E-state index in [2.05, 4.69) is 0 Å². The summed E-state index contributed by atoms with van der Waals surface area (Å²) in [7, 11) is 0. The molecule has 2 N–H and O–H groups in total. The normalized spacial score (nSPS) is 26.2. The fourth-order valence-electron chi connectivity index (χ4n) is 6.30. The molecule has 0 unspecified atom stereocenters. The number of amides is 2. The Morgan fingerprint density at radius 3 is 1.97 bits per heavy atom. The lowest BCUT2D eigenvalue weighted by atomic mass is 9.51. The van der Waals surface area contributed by atoms with Crippen LogP contribution in [0.3, 0.4) is 0 Å². The summed E-state index contributed by atoms with van der Waals surface area (Å²) in [5, 5.41) is 19.5. The molecule has 2 atom stereocenters. The third-order valence-corrected chi connectivity index (χ3v) is 6.50. The number of anilines is 1. The lowest BCUT2D eigenvalue weighted by Gasteiger charge is -2.59. The van der Waals surface area contributed by atoms with Gasteiger partial charge in [0.25, 0.3) is 0 Å². The number of aliphatic carboxylic acids is 1. The number of para-hydroxylation sites is 1. The highest BCUT2D eigenvalue weighted by Crippen LogP contribution is 2.63. The van der Waals surface area contributed by atoms with Crippen molar-refractivity contribution in [3.8, 4) is 0 Å². The largest absolute Gasteiger partial charge is 0.480 e. The van der Waals surface area contributed by atoms with Crippen molar-refractivity contribution in [1.29, 1.82) is 0 Å². The van der Waals surface area contributed by atoms with Gasteiger partial charge in [0.05, 0.1) is 6.54 Å². The smallest absolute Gasteiger partial charge is 0.415 e. The first-order valence-corrected chi connectivity index (χ1v) is 10.0. The summed E-state index contributed by atoms with van der Waals surface area (Å²) in [6.07, 6.45) is -2.05. The highest BCUT2D eigenvalue weighted by Gasteiger charge is 2.77. The number of nitrogens with zero attached hydrogens (tertiary/aromatic N) is 2. The molecule has 1 spiro atoms. The lowest BCUT2D eigenvalue weighted by molar-refractivity contribution is -0.142. The van der Waals surface area contributed by atoms with Gasteiger partial charge in [-0.3, -0.25) is 9.80 Å². The Bertz CT molecular complexity index is 832. The molecule has 30 heavy (non-hydrogen) atoms.